The summed E-state index contributed by atoms with van der Waals surface area (Å²) in [5.74, 6) is 0.935. The van der Waals surface area contributed by atoms with E-state index < -0.39 is 0 Å². The number of nitrogens with one attached hydrogen (secondary N) is 1. The molecule has 0 aromatic heterocycles. The van der Waals surface area contributed by atoms with Gasteiger partial charge in [0.1, 0.15) is 6.54 Å². The molecule has 122 valence electrons. The van der Waals surface area contributed by atoms with E-state index in [4.69, 9.17) is 0 Å². The number of fused-ring (bicyclic) bond motifs is 1. The molecule has 4 rings (SSSR count). The minimum absolute atomic E-state index is 0.102. The molecule has 1 aliphatic carbocycles. The molecule has 0 bridgehead atoms. The van der Waals surface area contributed by atoms with Gasteiger partial charge in [-0.1, -0.05) is 25.3 Å². The summed E-state index contributed by atoms with van der Waals surface area (Å²) in [4.78, 5) is 18.4. The van der Waals surface area contributed by atoms with E-state index in [9.17, 15) is 4.79 Å². The predicted molar refractivity (Wildman–Crippen MR) is 92.1 cm³/mol. The fourth-order valence-electron chi connectivity index (χ4n) is 4.23. The van der Waals surface area contributed by atoms with Crippen molar-refractivity contribution in [3.05, 3.63) is 28.8 Å². The molecule has 1 aromatic carbocycles. The lowest BCUT2D eigenvalue weighted by atomic mass is 9.83. The zero-order valence-corrected chi connectivity index (χ0v) is 13.6. The summed E-state index contributed by atoms with van der Waals surface area (Å²) in [6.45, 7) is 3.49. The minimum atomic E-state index is 0.102. The smallest absolute Gasteiger partial charge is 0.177 e. The molecule has 4 nitrogen and oxygen atoms in total. The summed E-state index contributed by atoms with van der Waals surface area (Å²) in [6, 6.07) is 6.96. The maximum Gasteiger partial charge on any atom is 0.177 e. The zero-order valence-electron chi connectivity index (χ0n) is 13.6. The number of anilines is 1. The lowest BCUT2D eigenvalue weighted by Gasteiger charge is -2.40. The summed E-state index contributed by atoms with van der Waals surface area (Å²) in [7, 11) is 0. The Morgan fingerprint density at radius 1 is 1.17 bits per heavy atom. The van der Waals surface area contributed by atoms with Gasteiger partial charge in [-0.15, -0.1) is 0 Å². The average molecular weight is 311 g/mol. The van der Waals surface area contributed by atoms with E-state index in [0.29, 0.717) is 12.6 Å². The maximum absolute atomic E-state index is 11.5. The molecule has 0 amide bonds. The second kappa shape index (κ2) is 6.44. The monoisotopic (exact) mass is 311 g/mol. The molecule has 2 fully saturated rings. The molecular formula is C19H25N3O. The van der Waals surface area contributed by atoms with Crippen molar-refractivity contribution in [1.82, 2.24) is 5.32 Å². The van der Waals surface area contributed by atoms with Crippen LogP contribution in [0.4, 0.5) is 5.69 Å². The van der Waals surface area contributed by atoms with E-state index >= 15 is 0 Å². The van der Waals surface area contributed by atoms with Crippen LogP contribution < -0.4 is 20.8 Å². The molecule has 1 unspecified atom stereocenters. The first kappa shape index (κ1) is 14.9. The van der Waals surface area contributed by atoms with Gasteiger partial charge in [0.15, 0.2) is 5.78 Å². The molecule has 2 heterocycles. The number of ketones is 1. The summed E-state index contributed by atoms with van der Waals surface area (Å²) in [5, 5.41) is 5.67. The molecular weight excluding hydrogens is 286 g/mol. The fourth-order valence-corrected chi connectivity index (χ4v) is 4.23. The molecule has 1 N–H and O–H groups in total. The zero-order chi connectivity index (χ0) is 15.6. The third-order valence-electron chi connectivity index (χ3n) is 5.53. The largest absolute Gasteiger partial charge is 0.369 e. The highest BCUT2D eigenvalue weighted by atomic mass is 16.1. The van der Waals surface area contributed by atoms with Gasteiger partial charge in [-0.25, -0.2) is 0 Å². The topological polar surface area (TPSA) is 44.7 Å². The molecule has 4 heteroatoms. The van der Waals surface area contributed by atoms with Gasteiger partial charge in [-0.2, -0.15) is 0 Å². The van der Waals surface area contributed by atoms with Gasteiger partial charge in [0.2, 0.25) is 0 Å². The SMILES string of the molecule is O=C1C=c2ccc(N3CCNC(C4CCCCC4)C3)cc2=NC1. The minimum Gasteiger partial charge on any atom is -0.369 e. The van der Waals surface area contributed by atoms with Crippen molar-refractivity contribution in [3.8, 4) is 0 Å². The maximum atomic E-state index is 11.5. The summed E-state index contributed by atoms with van der Waals surface area (Å²) in [6.07, 6.45) is 8.67. The van der Waals surface area contributed by atoms with Crippen molar-refractivity contribution in [2.24, 2.45) is 10.9 Å². The Balaban J connectivity index is 1.54. The second-order valence-electron chi connectivity index (χ2n) is 7.07. The molecule has 0 spiro atoms. The number of nitrogens with zero attached hydrogens (tertiary/aromatic N) is 2. The average Bonchev–Trinajstić information content (AvgIpc) is 2.62. The van der Waals surface area contributed by atoms with Crippen LogP contribution in [0.15, 0.2) is 23.2 Å². The van der Waals surface area contributed by atoms with Crippen LogP contribution in [0.5, 0.6) is 0 Å². The fraction of sp³-hybridized carbons (Fsp3) is 0.579. The number of piperazine rings is 1. The van der Waals surface area contributed by atoms with Gasteiger partial charge < -0.3 is 10.2 Å². The second-order valence-corrected chi connectivity index (χ2v) is 7.07. The number of hydrogen-bond acceptors (Lipinski definition) is 4. The highest BCUT2D eigenvalue weighted by Gasteiger charge is 2.28. The van der Waals surface area contributed by atoms with Gasteiger partial charge >= 0.3 is 0 Å². The van der Waals surface area contributed by atoms with Crippen molar-refractivity contribution < 1.29 is 4.79 Å². The number of benzene rings is 1. The van der Waals surface area contributed by atoms with E-state index in [2.05, 4.69) is 27.3 Å². The molecule has 1 aromatic rings. The first-order valence-corrected chi connectivity index (χ1v) is 8.97. The Morgan fingerprint density at radius 3 is 2.91 bits per heavy atom. The van der Waals surface area contributed by atoms with Crippen molar-refractivity contribution in [1.29, 1.82) is 0 Å². The van der Waals surface area contributed by atoms with Crippen LogP contribution in [0.3, 0.4) is 0 Å². The van der Waals surface area contributed by atoms with Crippen molar-refractivity contribution in [2.75, 3.05) is 31.1 Å². The molecule has 1 atom stereocenters. The van der Waals surface area contributed by atoms with E-state index in [1.807, 2.05) is 6.07 Å². The molecule has 1 saturated heterocycles. The predicted octanol–water partition coefficient (Wildman–Crippen LogP) is 1.03. The normalized spacial score (nSPS) is 25.5. The van der Waals surface area contributed by atoms with Crippen LogP contribution in [-0.4, -0.2) is 38.0 Å². The molecule has 2 aliphatic heterocycles. The van der Waals surface area contributed by atoms with Gasteiger partial charge in [0.25, 0.3) is 0 Å². The summed E-state index contributed by atoms with van der Waals surface area (Å²) < 4.78 is 0. The summed E-state index contributed by atoms with van der Waals surface area (Å²) >= 11 is 0. The van der Waals surface area contributed by atoms with Crippen LogP contribution in [0.25, 0.3) is 6.08 Å². The number of carbonyl (C=O) groups excluding carboxylic acids is 1. The Hall–Kier alpha value is -1.68. The molecule has 0 radical (unpaired) electrons. The third-order valence-corrected chi connectivity index (χ3v) is 5.53. The molecule has 3 aliphatic rings. The Kier molecular flexibility index (Phi) is 4.17. The van der Waals surface area contributed by atoms with Gasteiger partial charge in [0, 0.05) is 36.6 Å². The van der Waals surface area contributed by atoms with Crippen LogP contribution in [0.1, 0.15) is 32.1 Å². The number of rotatable bonds is 2. The van der Waals surface area contributed by atoms with Crippen molar-refractivity contribution in [2.45, 2.75) is 38.1 Å². The van der Waals surface area contributed by atoms with E-state index in [1.165, 1.54) is 37.8 Å². The van der Waals surface area contributed by atoms with Gasteiger partial charge in [-0.05, 0) is 37.0 Å². The van der Waals surface area contributed by atoms with Crippen LogP contribution in [0, 0.1) is 5.92 Å². The third kappa shape index (κ3) is 3.18. The van der Waals surface area contributed by atoms with Gasteiger partial charge in [0.05, 0.1) is 5.36 Å². The number of carbonyl (C=O) groups is 1. The molecule has 23 heavy (non-hydrogen) atoms. The Labute approximate surface area is 137 Å². The van der Waals surface area contributed by atoms with Gasteiger partial charge in [-0.3, -0.25) is 9.79 Å². The highest BCUT2D eigenvalue weighted by Crippen LogP contribution is 2.28. The van der Waals surface area contributed by atoms with E-state index in [-0.39, 0.29) is 5.78 Å². The van der Waals surface area contributed by atoms with Crippen molar-refractivity contribution in [3.63, 3.8) is 0 Å². The molecule has 1 saturated carbocycles. The number of hydrogen-bond donors (Lipinski definition) is 1. The quantitative estimate of drug-likeness (QED) is 0.887. The van der Waals surface area contributed by atoms with Crippen molar-refractivity contribution >= 4 is 17.5 Å². The standard InChI is InChI=1S/C19H25N3O/c23-17-10-15-6-7-16(11-18(15)21-12-17)22-9-8-20-19(13-22)14-4-2-1-3-5-14/h6-7,10-11,14,19-20H,1-5,8-9,12-13H2. The lowest BCUT2D eigenvalue weighted by molar-refractivity contribution is -0.112. The van der Waals surface area contributed by atoms with Crippen LogP contribution >= 0.6 is 0 Å². The number of Topliss-reactive ketones (excluding diaryl/α,β-unsaturated/α-hetero) is 1. The lowest BCUT2D eigenvalue weighted by Crippen LogP contribution is -2.54. The van der Waals surface area contributed by atoms with E-state index in [1.54, 1.807) is 6.08 Å². The Bertz CT molecular complexity index is 706. The van der Waals surface area contributed by atoms with Crippen LogP contribution in [0.2, 0.25) is 0 Å². The first-order valence-electron chi connectivity index (χ1n) is 8.97. The summed E-state index contributed by atoms with van der Waals surface area (Å²) in [5.41, 5.74) is 1.25. The Morgan fingerprint density at radius 2 is 2.04 bits per heavy atom. The van der Waals surface area contributed by atoms with Crippen LogP contribution in [-0.2, 0) is 4.79 Å². The first-order chi connectivity index (χ1) is 11.3. The van der Waals surface area contributed by atoms with E-state index in [0.717, 1.165) is 36.1 Å². The highest BCUT2D eigenvalue weighted by molar-refractivity contribution is 6.07.